The van der Waals surface area contributed by atoms with E-state index in [1.54, 1.807) is 13.2 Å². The van der Waals surface area contributed by atoms with Gasteiger partial charge in [-0.25, -0.2) is 4.98 Å². The van der Waals surface area contributed by atoms with Crippen molar-refractivity contribution in [1.29, 1.82) is 0 Å². The second-order valence-corrected chi connectivity index (χ2v) is 4.48. The van der Waals surface area contributed by atoms with Crippen molar-refractivity contribution in [3.8, 4) is 11.5 Å². The number of carbonyl (C=O) groups is 1. The average molecular weight is 290 g/mol. The first kappa shape index (κ1) is 14.8. The van der Waals surface area contributed by atoms with Crippen LogP contribution in [0.5, 0.6) is 11.5 Å². The lowest BCUT2D eigenvalue weighted by Crippen LogP contribution is -2.30. The summed E-state index contributed by atoms with van der Waals surface area (Å²) in [5.74, 6) is 1.70. The SMILES string of the molecule is COc1cc(C)ccc1OCC(=O)NCCc1ncn[nH]1. The maximum atomic E-state index is 11.7. The molecule has 21 heavy (non-hydrogen) atoms. The van der Waals surface area contributed by atoms with E-state index in [1.807, 2.05) is 19.1 Å². The number of aryl methyl sites for hydroxylation is 1. The number of ether oxygens (including phenoxy) is 2. The summed E-state index contributed by atoms with van der Waals surface area (Å²) in [4.78, 5) is 15.7. The van der Waals surface area contributed by atoms with Gasteiger partial charge in [0, 0.05) is 13.0 Å². The fourth-order valence-corrected chi connectivity index (χ4v) is 1.76. The third-order valence-corrected chi connectivity index (χ3v) is 2.83. The molecule has 2 aromatic rings. The average Bonchev–Trinajstić information content (AvgIpc) is 2.99. The quantitative estimate of drug-likeness (QED) is 0.789. The van der Waals surface area contributed by atoms with Gasteiger partial charge in [0.1, 0.15) is 12.2 Å². The Labute approximate surface area is 122 Å². The van der Waals surface area contributed by atoms with Gasteiger partial charge in [-0.2, -0.15) is 5.10 Å². The molecule has 0 atom stereocenters. The van der Waals surface area contributed by atoms with Gasteiger partial charge < -0.3 is 14.8 Å². The molecule has 0 spiro atoms. The summed E-state index contributed by atoms with van der Waals surface area (Å²) in [6, 6.07) is 5.55. The lowest BCUT2D eigenvalue weighted by molar-refractivity contribution is -0.123. The number of carbonyl (C=O) groups excluding carboxylic acids is 1. The van der Waals surface area contributed by atoms with Crippen LogP contribution in [0, 0.1) is 6.92 Å². The van der Waals surface area contributed by atoms with Gasteiger partial charge >= 0.3 is 0 Å². The van der Waals surface area contributed by atoms with Gasteiger partial charge in [0.15, 0.2) is 18.1 Å². The van der Waals surface area contributed by atoms with Gasteiger partial charge in [-0.1, -0.05) is 6.07 Å². The molecular weight excluding hydrogens is 272 g/mol. The monoisotopic (exact) mass is 290 g/mol. The second kappa shape index (κ2) is 7.28. The van der Waals surface area contributed by atoms with Crippen molar-refractivity contribution in [3.05, 3.63) is 35.9 Å². The Balaban J connectivity index is 1.76. The number of rotatable bonds is 7. The molecular formula is C14H18N4O3. The molecule has 1 heterocycles. The molecule has 0 saturated heterocycles. The summed E-state index contributed by atoms with van der Waals surface area (Å²) < 4.78 is 10.7. The van der Waals surface area contributed by atoms with Crippen LogP contribution in [0.4, 0.5) is 0 Å². The highest BCUT2D eigenvalue weighted by molar-refractivity contribution is 5.77. The molecule has 2 N–H and O–H groups in total. The number of methoxy groups -OCH3 is 1. The van der Waals surface area contributed by atoms with Gasteiger partial charge in [-0.3, -0.25) is 9.89 Å². The van der Waals surface area contributed by atoms with E-state index >= 15 is 0 Å². The molecule has 1 aromatic carbocycles. The lowest BCUT2D eigenvalue weighted by atomic mass is 10.2. The van der Waals surface area contributed by atoms with Crippen molar-refractivity contribution in [2.75, 3.05) is 20.3 Å². The molecule has 0 unspecified atom stereocenters. The minimum atomic E-state index is -0.197. The Morgan fingerprint density at radius 3 is 2.95 bits per heavy atom. The number of nitrogens with zero attached hydrogens (tertiary/aromatic N) is 2. The van der Waals surface area contributed by atoms with Crippen LogP contribution in [0.25, 0.3) is 0 Å². The maximum Gasteiger partial charge on any atom is 0.257 e. The highest BCUT2D eigenvalue weighted by atomic mass is 16.5. The van der Waals surface area contributed by atoms with Crippen molar-refractivity contribution in [3.63, 3.8) is 0 Å². The molecule has 0 aliphatic carbocycles. The molecule has 0 radical (unpaired) electrons. The van der Waals surface area contributed by atoms with Crippen LogP contribution >= 0.6 is 0 Å². The maximum absolute atomic E-state index is 11.7. The van der Waals surface area contributed by atoms with E-state index in [0.717, 1.165) is 11.4 Å². The van der Waals surface area contributed by atoms with Crippen LogP contribution in [-0.2, 0) is 11.2 Å². The van der Waals surface area contributed by atoms with Gasteiger partial charge in [0.05, 0.1) is 7.11 Å². The number of nitrogens with one attached hydrogen (secondary N) is 2. The number of amides is 1. The zero-order chi connectivity index (χ0) is 15.1. The Kier molecular flexibility index (Phi) is 5.14. The minimum absolute atomic E-state index is 0.0597. The zero-order valence-corrected chi connectivity index (χ0v) is 12.0. The lowest BCUT2D eigenvalue weighted by Gasteiger charge is -2.11. The van der Waals surface area contributed by atoms with E-state index < -0.39 is 0 Å². The van der Waals surface area contributed by atoms with E-state index in [4.69, 9.17) is 9.47 Å². The fraction of sp³-hybridized carbons (Fsp3) is 0.357. The summed E-state index contributed by atoms with van der Waals surface area (Å²) >= 11 is 0. The molecule has 0 bridgehead atoms. The van der Waals surface area contributed by atoms with Crippen molar-refractivity contribution in [2.45, 2.75) is 13.3 Å². The molecule has 0 aliphatic rings. The Hall–Kier alpha value is -2.57. The predicted octanol–water partition coefficient (Wildman–Crippen LogP) is 0.859. The zero-order valence-electron chi connectivity index (χ0n) is 12.0. The molecule has 1 aromatic heterocycles. The third-order valence-electron chi connectivity index (χ3n) is 2.83. The summed E-state index contributed by atoms with van der Waals surface area (Å²) in [6.07, 6.45) is 2.03. The van der Waals surface area contributed by atoms with E-state index in [1.165, 1.54) is 6.33 Å². The van der Waals surface area contributed by atoms with Crippen LogP contribution in [0.2, 0.25) is 0 Å². The molecule has 7 nitrogen and oxygen atoms in total. The molecule has 112 valence electrons. The third kappa shape index (κ3) is 4.48. The topological polar surface area (TPSA) is 89.1 Å². The Morgan fingerprint density at radius 1 is 1.38 bits per heavy atom. The molecule has 7 heteroatoms. The standard InChI is InChI=1S/C14H18N4O3/c1-10-3-4-11(12(7-10)20-2)21-8-14(19)15-6-5-13-16-9-17-18-13/h3-4,7,9H,5-6,8H2,1-2H3,(H,15,19)(H,16,17,18). The highest BCUT2D eigenvalue weighted by Gasteiger charge is 2.07. The predicted molar refractivity (Wildman–Crippen MR) is 76.3 cm³/mol. The molecule has 1 amide bonds. The van der Waals surface area contributed by atoms with Gasteiger partial charge in [0.2, 0.25) is 0 Å². The van der Waals surface area contributed by atoms with Gasteiger partial charge in [-0.15, -0.1) is 0 Å². The van der Waals surface area contributed by atoms with Gasteiger partial charge in [0.25, 0.3) is 5.91 Å². The Bertz CT molecular complexity index is 584. The van der Waals surface area contributed by atoms with Crippen LogP contribution < -0.4 is 14.8 Å². The van der Waals surface area contributed by atoms with Crippen molar-refractivity contribution >= 4 is 5.91 Å². The smallest absolute Gasteiger partial charge is 0.257 e. The van der Waals surface area contributed by atoms with E-state index in [9.17, 15) is 4.79 Å². The highest BCUT2D eigenvalue weighted by Crippen LogP contribution is 2.27. The first-order valence-corrected chi connectivity index (χ1v) is 6.57. The Morgan fingerprint density at radius 2 is 2.24 bits per heavy atom. The van der Waals surface area contributed by atoms with E-state index in [-0.39, 0.29) is 12.5 Å². The van der Waals surface area contributed by atoms with Crippen molar-refractivity contribution in [1.82, 2.24) is 20.5 Å². The number of hydrogen-bond acceptors (Lipinski definition) is 5. The van der Waals surface area contributed by atoms with Crippen LogP contribution in [0.15, 0.2) is 24.5 Å². The van der Waals surface area contributed by atoms with E-state index in [2.05, 4.69) is 20.5 Å². The van der Waals surface area contributed by atoms with Gasteiger partial charge in [-0.05, 0) is 24.6 Å². The number of hydrogen-bond donors (Lipinski definition) is 2. The second-order valence-electron chi connectivity index (χ2n) is 4.48. The van der Waals surface area contributed by atoms with Crippen LogP contribution in [0.3, 0.4) is 0 Å². The number of aromatic nitrogens is 3. The van der Waals surface area contributed by atoms with Crippen LogP contribution in [-0.4, -0.2) is 41.3 Å². The molecule has 0 aliphatic heterocycles. The summed E-state index contributed by atoms with van der Waals surface area (Å²) in [6.45, 7) is 2.38. The molecule has 0 fully saturated rings. The number of H-pyrrole nitrogens is 1. The first-order chi connectivity index (χ1) is 10.2. The fourth-order valence-electron chi connectivity index (χ4n) is 1.76. The largest absolute Gasteiger partial charge is 0.493 e. The number of aromatic amines is 1. The summed E-state index contributed by atoms with van der Waals surface area (Å²) in [7, 11) is 1.57. The number of benzene rings is 1. The minimum Gasteiger partial charge on any atom is -0.493 e. The van der Waals surface area contributed by atoms with Crippen molar-refractivity contribution in [2.24, 2.45) is 0 Å². The summed E-state index contributed by atoms with van der Waals surface area (Å²) in [5, 5.41) is 9.21. The van der Waals surface area contributed by atoms with Crippen LogP contribution in [0.1, 0.15) is 11.4 Å². The first-order valence-electron chi connectivity index (χ1n) is 6.57. The van der Waals surface area contributed by atoms with E-state index in [0.29, 0.717) is 24.5 Å². The molecule has 0 saturated carbocycles. The molecule has 2 rings (SSSR count). The normalized spacial score (nSPS) is 10.2. The summed E-state index contributed by atoms with van der Waals surface area (Å²) in [5.41, 5.74) is 1.07. The van der Waals surface area contributed by atoms with Crippen molar-refractivity contribution < 1.29 is 14.3 Å².